The highest BCUT2D eigenvalue weighted by Gasteiger charge is 2.11. The Kier molecular flexibility index (Phi) is 4.02. The van der Waals surface area contributed by atoms with Gasteiger partial charge >= 0.3 is 0 Å². The number of non-ortho nitro benzene ring substituents is 1. The van der Waals surface area contributed by atoms with Crippen molar-refractivity contribution >= 4 is 23.0 Å². The summed E-state index contributed by atoms with van der Waals surface area (Å²) in [5.41, 5.74) is 1.79. The lowest BCUT2D eigenvalue weighted by molar-refractivity contribution is -0.384. The average Bonchev–Trinajstić information content (AvgIpc) is 2.41. The van der Waals surface area contributed by atoms with E-state index in [0.29, 0.717) is 10.7 Å². The molecule has 98 valence electrons. The molecular weight excluding hydrogens is 264 g/mol. The number of nitrogens with one attached hydrogen (secondary N) is 1. The van der Waals surface area contributed by atoms with Crippen molar-refractivity contribution < 1.29 is 4.92 Å². The van der Waals surface area contributed by atoms with E-state index >= 15 is 0 Å². The van der Waals surface area contributed by atoms with Gasteiger partial charge in [-0.2, -0.15) is 0 Å². The fraction of sp³-hybridized carbons (Fsp3) is 0.143. The van der Waals surface area contributed by atoms with E-state index in [4.69, 9.17) is 11.6 Å². The molecule has 0 amide bonds. The van der Waals surface area contributed by atoms with E-state index in [1.807, 2.05) is 37.3 Å². The summed E-state index contributed by atoms with van der Waals surface area (Å²) in [5.74, 6) is 0. The molecule has 0 aliphatic rings. The van der Waals surface area contributed by atoms with Crippen LogP contribution in [0.3, 0.4) is 0 Å². The number of nitro groups is 1. The Morgan fingerprint density at radius 1 is 1.21 bits per heavy atom. The van der Waals surface area contributed by atoms with Crippen LogP contribution in [0.15, 0.2) is 48.5 Å². The maximum Gasteiger partial charge on any atom is 0.271 e. The van der Waals surface area contributed by atoms with Gasteiger partial charge < -0.3 is 5.32 Å². The van der Waals surface area contributed by atoms with Crippen LogP contribution in [0.1, 0.15) is 18.5 Å². The lowest BCUT2D eigenvalue weighted by Gasteiger charge is -2.16. The summed E-state index contributed by atoms with van der Waals surface area (Å²) in [6.07, 6.45) is 0. The van der Waals surface area contributed by atoms with E-state index in [9.17, 15) is 10.1 Å². The zero-order valence-corrected chi connectivity index (χ0v) is 11.1. The first-order valence-corrected chi connectivity index (χ1v) is 6.21. The smallest absolute Gasteiger partial charge is 0.271 e. The molecule has 1 atom stereocenters. The van der Waals surface area contributed by atoms with Crippen LogP contribution in [-0.4, -0.2) is 4.92 Å². The quantitative estimate of drug-likeness (QED) is 0.664. The first-order valence-electron chi connectivity index (χ1n) is 5.83. The van der Waals surface area contributed by atoms with Crippen molar-refractivity contribution in [1.82, 2.24) is 0 Å². The predicted octanol–water partition coefficient (Wildman–Crippen LogP) is 4.42. The lowest BCUT2D eigenvalue weighted by Crippen LogP contribution is -2.06. The molecular formula is C14H13ClN2O2. The number of nitrogens with zero attached hydrogens (tertiary/aromatic N) is 1. The van der Waals surface area contributed by atoms with Gasteiger partial charge in [-0.3, -0.25) is 10.1 Å². The Balaban J connectivity index is 2.18. The molecule has 1 unspecified atom stereocenters. The van der Waals surface area contributed by atoms with Crippen molar-refractivity contribution in [2.24, 2.45) is 0 Å². The molecule has 0 saturated carbocycles. The van der Waals surface area contributed by atoms with Crippen molar-refractivity contribution in [2.75, 3.05) is 5.32 Å². The molecule has 0 radical (unpaired) electrons. The molecule has 2 aromatic carbocycles. The van der Waals surface area contributed by atoms with Crippen LogP contribution in [0, 0.1) is 10.1 Å². The van der Waals surface area contributed by atoms with Crippen LogP contribution in [0.4, 0.5) is 11.4 Å². The summed E-state index contributed by atoms with van der Waals surface area (Å²) in [6.45, 7) is 2.01. The zero-order valence-electron chi connectivity index (χ0n) is 10.3. The van der Waals surface area contributed by atoms with Crippen molar-refractivity contribution in [3.8, 4) is 0 Å². The van der Waals surface area contributed by atoms with Crippen molar-refractivity contribution in [3.63, 3.8) is 0 Å². The zero-order chi connectivity index (χ0) is 13.8. The standard InChI is InChI=1S/C14H13ClN2O2/c1-10(11-5-3-2-4-6-11)16-14-8-7-12(17(18)19)9-13(14)15/h2-10,16H,1H3. The van der Waals surface area contributed by atoms with Gasteiger partial charge in [0.15, 0.2) is 0 Å². The maximum absolute atomic E-state index is 10.6. The monoisotopic (exact) mass is 276 g/mol. The Labute approximate surface area is 116 Å². The Morgan fingerprint density at radius 3 is 2.47 bits per heavy atom. The molecule has 0 aliphatic carbocycles. The van der Waals surface area contributed by atoms with Gasteiger partial charge in [-0.1, -0.05) is 41.9 Å². The van der Waals surface area contributed by atoms with E-state index in [0.717, 1.165) is 5.56 Å². The summed E-state index contributed by atoms with van der Waals surface area (Å²) in [7, 11) is 0. The molecule has 19 heavy (non-hydrogen) atoms. The fourth-order valence-corrected chi connectivity index (χ4v) is 2.02. The summed E-state index contributed by atoms with van der Waals surface area (Å²) in [6, 6.07) is 14.4. The lowest BCUT2D eigenvalue weighted by atomic mass is 10.1. The molecule has 2 rings (SSSR count). The molecule has 0 saturated heterocycles. The summed E-state index contributed by atoms with van der Waals surface area (Å²) in [4.78, 5) is 10.2. The molecule has 5 heteroatoms. The third-order valence-electron chi connectivity index (χ3n) is 2.84. The second-order valence-corrected chi connectivity index (χ2v) is 4.61. The van der Waals surface area contributed by atoms with Gasteiger partial charge in [-0.05, 0) is 18.6 Å². The SMILES string of the molecule is CC(Nc1ccc([N+](=O)[O-])cc1Cl)c1ccccc1. The minimum atomic E-state index is -0.462. The third kappa shape index (κ3) is 3.23. The van der Waals surface area contributed by atoms with E-state index in [1.165, 1.54) is 12.1 Å². The highest BCUT2D eigenvalue weighted by molar-refractivity contribution is 6.33. The van der Waals surface area contributed by atoms with Gasteiger partial charge in [0.2, 0.25) is 0 Å². The molecule has 0 fully saturated rings. The molecule has 4 nitrogen and oxygen atoms in total. The van der Waals surface area contributed by atoms with Crippen molar-refractivity contribution in [2.45, 2.75) is 13.0 Å². The highest BCUT2D eigenvalue weighted by atomic mass is 35.5. The second kappa shape index (κ2) is 5.71. The number of hydrogen-bond acceptors (Lipinski definition) is 3. The Bertz CT molecular complexity index is 587. The van der Waals surface area contributed by atoms with E-state index in [1.54, 1.807) is 6.07 Å². The van der Waals surface area contributed by atoms with Crippen LogP contribution in [-0.2, 0) is 0 Å². The predicted molar refractivity (Wildman–Crippen MR) is 76.6 cm³/mol. The number of halogens is 1. The Hall–Kier alpha value is -2.07. The van der Waals surface area contributed by atoms with Crippen LogP contribution < -0.4 is 5.32 Å². The molecule has 0 spiro atoms. The molecule has 0 aliphatic heterocycles. The summed E-state index contributed by atoms with van der Waals surface area (Å²) in [5, 5.41) is 14.2. The number of rotatable bonds is 4. The van der Waals surface area contributed by atoms with Crippen molar-refractivity contribution in [3.05, 3.63) is 69.2 Å². The van der Waals surface area contributed by atoms with Crippen LogP contribution in [0.5, 0.6) is 0 Å². The highest BCUT2D eigenvalue weighted by Crippen LogP contribution is 2.29. The fourth-order valence-electron chi connectivity index (χ4n) is 1.79. The largest absolute Gasteiger partial charge is 0.377 e. The first kappa shape index (κ1) is 13.4. The van der Waals surface area contributed by atoms with Gasteiger partial charge in [-0.15, -0.1) is 0 Å². The summed E-state index contributed by atoms with van der Waals surface area (Å²) < 4.78 is 0. The van der Waals surface area contributed by atoms with Crippen molar-refractivity contribution in [1.29, 1.82) is 0 Å². The Morgan fingerprint density at radius 2 is 1.89 bits per heavy atom. The van der Waals surface area contributed by atoms with Gasteiger partial charge in [0.25, 0.3) is 5.69 Å². The van der Waals surface area contributed by atoms with Crippen LogP contribution in [0.25, 0.3) is 0 Å². The van der Waals surface area contributed by atoms with E-state index in [2.05, 4.69) is 5.32 Å². The van der Waals surface area contributed by atoms with Gasteiger partial charge in [0.1, 0.15) is 0 Å². The topological polar surface area (TPSA) is 55.2 Å². The molecule has 0 bridgehead atoms. The second-order valence-electron chi connectivity index (χ2n) is 4.20. The maximum atomic E-state index is 10.6. The minimum absolute atomic E-state index is 0.0112. The average molecular weight is 277 g/mol. The molecule has 0 aromatic heterocycles. The number of anilines is 1. The third-order valence-corrected chi connectivity index (χ3v) is 3.15. The van der Waals surface area contributed by atoms with Gasteiger partial charge in [0.05, 0.1) is 15.6 Å². The minimum Gasteiger partial charge on any atom is -0.377 e. The summed E-state index contributed by atoms with van der Waals surface area (Å²) >= 11 is 6.04. The number of nitro benzene ring substituents is 1. The van der Waals surface area contributed by atoms with Gasteiger partial charge in [0, 0.05) is 18.2 Å². The van der Waals surface area contributed by atoms with E-state index < -0.39 is 4.92 Å². The van der Waals surface area contributed by atoms with Crippen LogP contribution >= 0.6 is 11.6 Å². The normalized spacial score (nSPS) is 11.9. The van der Waals surface area contributed by atoms with Crippen LogP contribution in [0.2, 0.25) is 5.02 Å². The molecule has 2 aromatic rings. The number of benzene rings is 2. The number of hydrogen-bond donors (Lipinski definition) is 1. The van der Waals surface area contributed by atoms with Gasteiger partial charge in [-0.25, -0.2) is 0 Å². The molecule has 1 N–H and O–H groups in total. The van der Waals surface area contributed by atoms with E-state index in [-0.39, 0.29) is 11.7 Å². The first-order chi connectivity index (χ1) is 9.08. The molecule has 0 heterocycles.